The summed E-state index contributed by atoms with van der Waals surface area (Å²) in [6, 6.07) is -1.36. The van der Waals surface area contributed by atoms with Crippen LogP contribution < -0.4 is 0 Å². The van der Waals surface area contributed by atoms with Crippen LogP contribution in [0.15, 0.2) is 0 Å². The highest BCUT2D eigenvalue weighted by molar-refractivity contribution is 14.1. The SMILES string of the molecule is CC(C)(C)C(=O)OCOC(=O)[C@@H]1N2C(=O)[C@@](Cl)(I)[C@H]2S(=O)(=O)C1(C)C. The fourth-order valence-electron chi connectivity index (χ4n) is 2.70. The molecule has 0 N–H and O–H groups in total. The average Bonchev–Trinajstić information content (AvgIpc) is 2.59. The minimum Gasteiger partial charge on any atom is -0.427 e. The van der Waals surface area contributed by atoms with Gasteiger partial charge in [0.1, 0.15) is 10.8 Å². The first-order chi connectivity index (χ1) is 11.1. The molecule has 0 radical (unpaired) electrons. The van der Waals surface area contributed by atoms with E-state index in [4.69, 9.17) is 21.1 Å². The molecule has 0 aromatic heterocycles. The summed E-state index contributed by atoms with van der Waals surface area (Å²) in [7, 11) is -3.91. The van der Waals surface area contributed by atoms with Crippen LogP contribution in [-0.2, 0) is 33.7 Å². The maximum Gasteiger partial charge on any atom is 0.333 e. The lowest BCUT2D eigenvalue weighted by atomic mass is 9.97. The Balaban J connectivity index is 2.17. The van der Waals surface area contributed by atoms with Crippen LogP contribution in [0.2, 0.25) is 0 Å². The number of fused-ring (bicyclic) bond motifs is 1. The number of hydrogen-bond donors (Lipinski definition) is 0. The third-order valence-corrected chi connectivity index (χ3v) is 9.10. The normalized spacial score (nSPS) is 32.6. The smallest absolute Gasteiger partial charge is 0.333 e. The van der Waals surface area contributed by atoms with Crippen molar-refractivity contribution in [2.24, 2.45) is 5.41 Å². The fourth-order valence-corrected chi connectivity index (χ4v) is 6.94. The first-order valence-electron chi connectivity index (χ1n) is 7.36. The molecule has 2 rings (SSSR count). The predicted molar refractivity (Wildman–Crippen MR) is 96.5 cm³/mol. The lowest BCUT2D eigenvalue weighted by Crippen LogP contribution is -2.69. The van der Waals surface area contributed by atoms with Crippen molar-refractivity contribution in [3.8, 4) is 0 Å². The Kier molecular flexibility index (Phi) is 4.92. The molecule has 2 saturated heterocycles. The molecule has 2 fully saturated rings. The highest BCUT2D eigenvalue weighted by Crippen LogP contribution is 2.56. The number of hydrogen-bond acceptors (Lipinski definition) is 7. The molecular weight excluding hydrogens is 489 g/mol. The van der Waals surface area contributed by atoms with E-state index in [0.29, 0.717) is 0 Å². The fraction of sp³-hybridized carbons (Fsp3) is 0.786. The second-order valence-corrected chi connectivity index (χ2v) is 13.0. The third kappa shape index (κ3) is 2.93. The lowest BCUT2D eigenvalue weighted by Gasteiger charge is -2.45. The Hall–Kier alpha value is -0.620. The number of sulfone groups is 1. The molecule has 8 nitrogen and oxygen atoms in total. The van der Waals surface area contributed by atoms with E-state index < -0.39 is 58.9 Å². The number of alkyl halides is 2. The summed E-state index contributed by atoms with van der Waals surface area (Å²) in [5.41, 5.74) is -0.777. The highest BCUT2D eigenvalue weighted by Gasteiger charge is 2.77. The van der Waals surface area contributed by atoms with Crippen LogP contribution in [-0.4, -0.2) is 57.0 Å². The summed E-state index contributed by atoms with van der Waals surface area (Å²) in [4.78, 5) is 37.2. The van der Waals surface area contributed by atoms with E-state index in [-0.39, 0.29) is 0 Å². The molecule has 2 aliphatic rings. The summed E-state index contributed by atoms with van der Waals surface area (Å²) < 4.78 is 31.9. The minimum atomic E-state index is -3.91. The quantitative estimate of drug-likeness (QED) is 0.186. The van der Waals surface area contributed by atoms with E-state index in [9.17, 15) is 22.8 Å². The van der Waals surface area contributed by atoms with Crippen LogP contribution in [0.1, 0.15) is 34.6 Å². The van der Waals surface area contributed by atoms with Gasteiger partial charge in [-0.15, -0.1) is 0 Å². The number of rotatable bonds is 3. The first-order valence-corrected chi connectivity index (χ1v) is 10.4. The van der Waals surface area contributed by atoms with Crippen molar-refractivity contribution >= 4 is 61.9 Å². The van der Waals surface area contributed by atoms with Crippen molar-refractivity contribution in [2.45, 2.75) is 53.7 Å². The first kappa shape index (κ1) is 20.7. The van der Waals surface area contributed by atoms with Crippen molar-refractivity contribution in [3.63, 3.8) is 0 Å². The van der Waals surface area contributed by atoms with Gasteiger partial charge in [-0.25, -0.2) is 13.2 Å². The Bertz CT molecular complexity index is 741. The molecule has 0 aliphatic carbocycles. The molecular formula is C14H19ClINO7S. The zero-order valence-corrected chi connectivity index (χ0v) is 18.1. The molecule has 0 aromatic carbocycles. The maximum absolute atomic E-state index is 12.7. The van der Waals surface area contributed by atoms with Gasteiger partial charge in [-0.2, -0.15) is 0 Å². The Morgan fingerprint density at radius 3 is 2.28 bits per heavy atom. The van der Waals surface area contributed by atoms with Crippen LogP contribution in [0, 0.1) is 5.41 Å². The van der Waals surface area contributed by atoms with E-state index in [1.807, 2.05) is 0 Å². The van der Waals surface area contributed by atoms with Gasteiger partial charge in [0.25, 0.3) is 5.91 Å². The van der Waals surface area contributed by atoms with Gasteiger partial charge in [0, 0.05) is 0 Å². The topological polar surface area (TPSA) is 107 Å². The number of β-lactam (4-membered cyclic amide) rings is 1. The summed E-state index contributed by atoms with van der Waals surface area (Å²) in [5.74, 6) is -2.21. The van der Waals surface area contributed by atoms with E-state index in [0.717, 1.165) is 4.90 Å². The minimum absolute atomic E-state index is 0.580. The van der Waals surface area contributed by atoms with Crippen LogP contribution in [0.5, 0.6) is 0 Å². The molecule has 0 aromatic rings. The number of carbonyl (C=O) groups is 3. The van der Waals surface area contributed by atoms with Gasteiger partial charge in [-0.05, 0) is 57.2 Å². The van der Waals surface area contributed by atoms with Crippen molar-refractivity contribution < 1.29 is 32.3 Å². The van der Waals surface area contributed by atoms with E-state index in [1.54, 1.807) is 43.4 Å². The number of ether oxygens (including phenoxy) is 2. The molecule has 142 valence electrons. The van der Waals surface area contributed by atoms with Crippen LogP contribution >= 0.6 is 34.2 Å². The maximum atomic E-state index is 12.7. The van der Waals surface area contributed by atoms with Crippen molar-refractivity contribution in [2.75, 3.05) is 6.79 Å². The van der Waals surface area contributed by atoms with Crippen molar-refractivity contribution in [3.05, 3.63) is 0 Å². The number of carbonyl (C=O) groups excluding carboxylic acids is 3. The predicted octanol–water partition coefficient (Wildman–Crippen LogP) is 1.19. The zero-order valence-electron chi connectivity index (χ0n) is 14.3. The Morgan fingerprint density at radius 2 is 1.80 bits per heavy atom. The molecule has 0 unspecified atom stereocenters. The van der Waals surface area contributed by atoms with Crippen LogP contribution in [0.3, 0.4) is 0 Å². The van der Waals surface area contributed by atoms with Gasteiger partial charge in [0.05, 0.1) is 5.41 Å². The highest BCUT2D eigenvalue weighted by atomic mass is 127. The standard InChI is InChI=1S/C14H19ClINO7S/c1-12(2,3)11(20)24-6-23-8(18)7-13(4,5)25(21,22)10-14(15,16)9(19)17(7)10/h7,10H,6H2,1-5H3/t7-,10+,14+/m0/s1. The number of esters is 2. The summed E-state index contributed by atoms with van der Waals surface area (Å²) in [6.45, 7) is 6.91. The average molecular weight is 508 g/mol. The zero-order chi connectivity index (χ0) is 19.6. The molecule has 0 bridgehead atoms. The van der Waals surface area contributed by atoms with Gasteiger partial charge in [0.15, 0.2) is 15.2 Å². The van der Waals surface area contributed by atoms with Crippen molar-refractivity contribution in [1.82, 2.24) is 4.90 Å². The van der Waals surface area contributed by atoms with Crippen LogP contribution in [0.4, 0.5) is 0 Å². The molecule has 11 heteroatoms. The van der Waals surface area contributed by atoms with E-state index in [1.165, 1.54) is 13.8 Å². The lowest BCUT2D eigenvalue weighted by molar-refractivity contribution is -0.179. The van der Waals surface area contributed by atoms with Crippen LogP contribution in [0.25, 0.3) is 0 Å². The van der Waals surface area contributed by atoms with Gasteiger partial charge in [0.2, 0.25) is 9.67 Å². The van der Waals surface area contributed by atoms with Gasteiger partial charge in [-0.3, -0.25) is 9.59 Å². The van der Waals surface area contributed by atoms with Crippen molar-refractivity contribution in [1.29, 1.82) is 0 Å². The number of amides is 1. The summed E-state index contributed by atoms with van der Waals surface area (Å²) in [6.07, 6.45) is 0. The Labute approximate surface area is 164 Å². The molecule has 2 heterocycles. The molecule has 0 spiro atoms. The second-order valence-electron chi connectivity index (χ2n) is 7.50. The Morgan fingerprint density at radius 1 is 1.28 bits per heavy atom. The third-order valence-electron chi connectivity index (χ3n) is 4.27. The molecule has 2 aliphatic heterocycles. The van der Waals surface area contributed by atoms with Gasteiger partial charge >= 0.3 is 11.9 Å². The van der Waals surface area contributed by atoms with Gasteiger partial charge < -0.3 is 14.4 Å². The second kappa shape index (κ2) is 5.95. The summed E-state index contributed by atoms with van der Waals surface area (Å²) in [5, 5.41) is -1.31. The molecule has 0 saturated carbocycles. The number of nitrogens with zero attached hydrogens (tertiary/aromatic N) is 1. The van der Waals surface area contributed by atoms with E-state index >= 15 is 0 Å². The molecule has 25 heavy (non-hydrogen) atoms. The van der Waals surface area contributed by atoms with Gasteiger partial charge in [-0.1, -0.05) is 11.6 Å². The number of halogens is 2. The summed E-state index contributed by atoms with van der Waals surface area (Å²) >= 11 is 7.59. The molecule has 1 amide bonds. The largest absolute Gasteiger partial charge is 0.427 e. The molecule has 3 atom stereocenters. The monoisotopic (exact) mass is 507 g/mol. The van der Waals surface area contributed by atoms with E-state index in [2.05, 4.69) is 0 Å².